The van der Waals surface area contributed by atoms with E-state index in [1.807, 2.05) is 0 Å². The molecule has 0 aromatic heterocycles. The number of hydrogen-bond acceptors (Lipinski definition) is 6. The summed E-state index contributed by atoms with van der Waals surface area (Å²) in [6, 6.07) is 18.2. The number of ether oxygens (including phenoxy) is 1. The van der Waals surface area contributed by atoms with Gasteiger partial charge in [0, 0.05) is 18.7 Å². The normalized spacial score (nSPS) is 14.4. The number of carbonyl (C=O) groups excluding carboxylic acids is 1. The second-order valence-electron chi connectivity index (χ2n) is 9.46. The van der Waals surface area contributed by atoms with E-state index in [9.17, 15) is 26.0 Å². The summed E-state index contributed by atoms with van der Waals surface area (Å²) in [5.74, 6) is -0.502. The predicted molar refractivity (Wildman–Crippen MR) is 151 cm³/mol. The van der Waals surface area contributed by atoms with Gasteiger partial charge < -0.3 is 10.1 Å². The lowest BCUT2D eigenvalue weighted by atomic mass is 10.1. The summed E-state index contributed by atoms with van der Waals surface area (Å²) in [5, 5.41) is 2.74. The van der Waals surface area contributed by atoms with Crippen LogP contribution < -0.4 is 14.4 Å². The molecule has 0 aliphatic carbocycles. The fourth-order valence-electron chi connectivity index (χ4n) is 4.36. The Kier molecular flexibility index (Phi) is 9.44. The maximum atomic E-state index is 14.2. The lowest BCUT2D eigenvalue weighted by Gasteiger charge is -2.25. The van der Waals surface area contributed by atoms with Gasteiger partial charge in [0.15, 0.2) is 0 Å². The average molecular weight is 590 g/mol. The van der Waals surface area contributed by atoms with Crippen molar-refractivity contribution in [2.75, 3.05) is 36.8 Å². The molecule has 0 unspecified atom stereocenters. The third kappa shape index (κ3) is 7.38. The highest BCUT2D eigenvalue weighted by Gasteiger charge is 2.26. The van der Waals surface area contributed by atoms with Crippen molar-refractivity contribution in [3.63, 3.8) is 0 Å². The first-order valence-corrected chi connectivity index (χ1v) is 16.2. The molecule has 1 amide bonds. The smallest absolute Gasteiger partial charge is 0.251 e. The molecule has 40 heavy (non-hydrogen) atoms. The minimum atomic E-state index is -3.75. The van der Waals surface area contributed by atoms with Gasteiger partial charge in [-0.2, -0.15) is 4.31 Å². The van der Waals surface area contributed by atoms with Gasteiger partial charge in [0.1, 0.15) is 18.2 Å². The predicted octanol–water partition coefficient (Wildman–Crippen LogP) is 3.78. The van der Waals surface area contributed by atoms with Crippen LogP contribution in [0.4, 0.5) is 10.1 Å². The molecule has 12 heteroatoms. The van der Waals surface area contributed by atoms with Gasteiger partial charge in [-0.25, -0.2) is 21.2 Å². The number of sulfonamides is 2. The van der Waals surface area contributed by atoms with Crippen molar-refractivity contribution in [3.8, 4) is 5.75 Å². The Morgan fingerprint density at radius 1 is 0.925 bits per heavy atom. The standard InChI is InChI=1S/C28H32FN3O6S2/c1-39(34,35)32(27-8-4-3-7-26(27)29)21-22-9-11-23(12-10-22)28(33)30-17-20-38-24-13-15-25(16-14-24)40(36,37)31-18-5-2-6-19-31/h3-4,7-16H,2,5-6,17-21H2,1H3,(H,30,33). The number of amides is 1. The minimum absolute atomic E-state index is 0.0508. The fraction of sp³-hybridized carbons (Fsp3) is 0.321. The zero-order valence-electron chi connectivity index (χ0n) is 22.1. The van der Waals surface area contributed by atoms with Crippen molar-refractivity contribution in [1.82, 2.24) is 9.62 Å². The van der Waals surface area contributed by atoms with Crippen molar-refractivity contribution in [2.45, 2.75) is 30.7 Å². The first-order valence-electron chi connectivity index (χ1n) is 12.9. The quantitative estimate of drug-likeness (QED) is 0.341. The molecule has 1 heterocycles. The Labute approximate surface area is 234 Å². The van der Waals surface area contributed by atoms with Crippen molar-refractivity contribution in [2.24, 2.45) is 0 Å². The van der Waals surface area contributed by atoms with Gasteiger partial charge in [0.25, 0.3) is 5.91 Å². The summed E-state index contributed by atoms with van der Waals surface area (Å²) in [6.45, 7) is 1.37. The molecule has 4 rings (SSSR count). The van der Waals surface area contributed by atoms with E-state index in [1.54, 1.807) is 42.5 Å². The maximum Gasteiger partial charge on any atom is 0.251 e. The Hall–Kier alpha value is -3.48. The van der Waals surface area contributed by atoms with Crippen molar-refractivity contribution >= 4 is 31.6 Å². The Bertz CT molecular complexity index is 1520. The molecular formula is C28H32FN3O6S2. The molecule has 214 valence electrons. The van der Waals surface area contributed by atoms with Crippen LogP contribution in [0.2, 0.25) is 0 Å². The summed E-state index contributed by atoms with van der Waals surface area (Å²) in [4.78, 5) is 12.8. The number of piperidine rings is 1. The summed E-state index contributed by atoms with van der Waals surface area (Å²) in [6.07, 6.45) is 3.79. The fourth-order valence-corrected chi connectivity index (χ4v) is 6.77. The zero-order chi connectivity index (χ0) is 28.8. The van der Waals surface area contributed by atoms with Gasteiger partial charge in [-0.1, -0.05) is 30.7 Å². The van der Waals surface area contributed by atoms with Crippen molar-refractivity contribution in [1.29, 1.82) is 0 Å². The van der Waals surface area contributed by atoms with E-state index in [4.69, 9.17) is 4.74 Å². The van der Waals surface area contributed by atoms with Crippen molar-refractivity contribution in [3.05, 3.63) is 89.7 Å². The summed E-state index contributed by atoms with van der Waals surface area (Å²) in [5.41, 5.74) is 0.900. The number of hydrogen-bond donors (Lipinski definition) is 1. The van der Waals surface area contributed by atoms with Crippen LogP contribution in [0.15, 0.2) is 77.7 Å². The van der Waals surface area contributed by atoms with Crippen LogP contribution in [-0.2, 0) is 26.6 Å². The summed E-state index contributed by atoms with van der Waals surface area (Å²) < 4.78 is 72.5. The van der Waals surface area contributed by atoms with Crippen LogP contribution in [0.3, 0.4) is 0 Å². The minimum Gasteiger partial charge on any atom is -0.492 e. The van der Waals surface area contributed by atoms with E-state index in [1.165, 1.54) is 34.6 Å². The molecule has 9 nitrogen and oxygen atoms in total. The number of nitrogens with one attached hydrogen (secondary N) is 1. The SMILES string of the molecule is CS(=O)(=O)N(Cc1ccc(C(=O)NCCOc2ccc(S(=O)(=O)N3CCCCC3)cc2)cc1)c1ccccc1F. The molecule has 1 aliphatic rings. The highest BCUT2D eigenvalue weighted by Crippen LogP contribution is 2.24. The van der Waals surface area contributed by atoms with Gasteiger partial charge >= 0.3 is 0 Å². The number of nitrogens with zero attached hydrogens (tertiary/aromatic N) is 2. The van der Waals surface area contributed by atoms with Crippen LogP contribution in [0.25, 0.3) is 0 Å². The molecule has 0 bridgehead atoms. The first-order chi connectivity index (χ1) is 19.1. The molecule has 3 aromatic carbocycles. The zero-order valence-corrected chi connectivity index (χ0v) is 23.8. The molecular weight excluding hydrogens is 557 g/mol. The second kappa shape index (κ2) is 12.8. The Balaban J connectivity index is 1.27. The van der Waals surface area contributed by atoms with Gasteiger partial charge in [0.05, 0.1) is 29.9 Å². The second-order valence-corrected chi connectivity index (χ2v) is 13.3. The van der Waals surface area contributed by atoms with E-state index in [2.05, 4.69) is 5.32 Å². The van der Waals surface area contributed by atoms with E-state index < -0.39 is 25.9 Å². The average Bonchev–Trinajstić information content (AvgIpc) is 2.95. The molecule has 0 radical (unpaired) electrons. The lowest BCUT2D eigenvalue weighted by molar-refractivity contribution is 0.0947. The number of benzene rings is 3. The summed E-state index contributed by atoms with van der Waals surface area (Å²) in [7, 11) is -7.26. The first kappa shape index (κ1) is 29.5. The van der Waals surface area contributed by atoms with Crippen molar-refractivity contribution < 1.29 is 30.8 Å². The third-order valence-corrected chi connectivity index (χ3v) is 9.54. The number of anilines is 1. The van der Waals surface area contributed by atoms with E-state index >= 15 is 0 Å². The highest BCUT2D eigenvalue weighted by atomic mass is 32.2. The van der Waals surface area contributed by atoms with Gasteiger partial charge in [-0.3, -0.25) is 9.10 Å². The van der Waals surface area contributed by atoms with Crippen LogP contribution >= 0.6 is 0 Å². The molecule has 1 N–H and O–H groups in total. The topological polar surface area (TPSA) is 113 Å². The number of rotatable bonds is 11. The van der Waals surface area contributed by atoms with Crippen LogP contribution in [0, 0.1) is 5.82 Å². The lowest BCUT2D eigenvalue weighted by Crippen LogP contribution is -2.35. The number of para-hydroxylation sites is 1. The molecule has 1 aliphatic heterocycles. The van der Waals surface area contributed by atoms with E-state index in [0.29, 0.717) is 30.0 Å². The van der Waals surface area contributed by atoms with Gasteiger partial charge in [0.2, 0.25) is 20.0 Å². The molecule has 0 spiro atoms. The molecule has 0 saturated carbocycles. The summed E-state index contributed by atoms with van der Waals surface area (Å²) >= 11 is 0. The van der Waals surface area contributed by atoms with Gasteiger partial charge in [-0.15, -0.1) is 0 Å². The van der Waals surface area contributed by atoms with Crippen LogP contribution in [0.5, 0.6) is 5.75 Å². The molecule has 0 atom stereocenters. The Morgan fingerprint density at radius 3 is 2.20 bits per heavy atom. The maximum absolute atomic E-state index is 14.2. The van der Waals surface area contributed by atoms with E-state index in [-0.39, 0.29) is 36.2 Å². The molecule has 1 saturated heterocycles. The highest BCUT2D eigenvalue weighted by molar-refractivity contribution is 7.92. The monoisotopic (exact) mass is 589 g/mol. The van der Waals surface area contributed by atoms with E-state index in [0.717, 1.165) is 29.8 Å². The van der Waals surface area contributed by atoms with Crippen LogP contribution in [0.1, 0.15) is 35.2 Å². The van der Waals surface area contributed by atoms with Gasteiger partial charge in [-0.05, 0) is 66.9 Å². The third-order valence-electron chi connectivity index (χ3n) is 6.50. The largest absolute Gasteiger partial charge is 0.492 e. The number of halogens is 1. The van der Waals surface area contributed by atoms with Crippen LogP contribution in [-0.4, -0.2) is 59.5 Å². The number of carbonyl (C=O) groups is 1. The Morgan fingerprint density at radius 2 is 1.57 bits per heavy atom. The molecule has 1 fully saturated rings. The molecule has 3 aromatic rings.